The average molecular weight is 341 g/mol. The second-order valence-electron chi connectivity index (χ2n) is 5.65. The predicted molar refractivity (Wildman–Crippen MR) is 94.5 cm³/mol. The fraction of sp³-hybridized carbons (Fsp3) is 0.211. The molecular formula is C19H19NO3S. The second-order valence-corrected chi connectivity index (χ2v) is 7.04. The fourth-order valence-electron chi connectivity index (χ4n) is 2.55. The van der Waals surface area contributed by atoms with E-state index in [4.69, 9.17) is 4.74 Å². The van der Waals surface area contributed by atoms with Crippen LogP contribution in [-0.4, -0.2) is 34.0 Å². The van der Waals surface area contributed by atoms with Crippen molar-refractivity contribution in [1.29, 1.82) is 0 Å². The fourth-order valence-corrected chi connectivity index (χ4v) is 3.93. The minimum absolute atomic E-state index is 0.222. The Hall–Kier alpha value is -2.08. The van der Waals surface area contributed by atoms with Crippen molar-refractivity contribution >= 4 is 23.4 Å². The van der Waals surface area contributed by atoms with Crippen LogP contribution in [0.15, 0.2) is 65.6 Å². The summed E-state index contributed by atoms with van der Waals surface area (Å²) in [4.78, 5) is 12.6. The second kappa shape index (κ2) is 7.21. The van der Waals surface area contributed by atoms with Crippen LogP contribution >= 0.6 is 0 Å². The van der Waals surface area contributed by atoms with Gasteiger partial charge >= 0.3 is 5.97 Å². The Bertz CT molecular complexity index is 730. The molecule has 0 aliphatic carbocycles. The monoisotopic (exact) mass is 341 g/mol. The summed E-state index contributed by atoms with van der Waals surface area (Å²) >= 11 is -1.39. The first kappa shape index (κ1) is 16.8. The standard InChI is InChI=1S/C19H19NO3S/c1-14-8-11-16(12-9-14)24(22)20-17(18(20)19(21)23-2)13-10-15-6-4-3-5-7-15/h3-13,17-18H,1-2H3/t17-,18-,20?,24?/m0/s1. The van der Waals surface area contributed by atoms with Gasteiger partial charge in [0.1, 0.15) is 6.04 Å². The van der Waals surface area contributed by atoms with Crippen LogP contribution in [0.5, 0.6) is 0 Å². The van der Waals surface area contributed by atoms with Crippen molar-refractivity contribution in [2.45, 2.75) is 23.9 Å². The number of hydrogen-bond acceptors (Lipinski definition) is 4. The molecule has 1 aliphatic heterocycles. The number of benzene rings is 2. The lowest BCUT2D eigenvalue weighted by molar-refractivity contribution is -0.140. The number of nitrogens with zero attached hydrogens (tertiary/aromatic N) is 1. The van der Waals surface area contributed by atoms with Crippen molar-refractivity contribution in [2.24, 2.45) is 0 Å². The number of carbonyl (C=O) groups excluding carboxylic acids is 1. The number of carbonyl (C=O) groups is 1. The third kappa shape index (κ3) is 3.53. The molecule has 0 amide bonds. The zero-order valence-corrected chi connectivity index (χ0v) is 14.4. The Kier molecular flexibility index (Phi) is 5.04. The molecular weight excluding hydrogens is 322 g/mol. The van der Waals surface area contributed by atoms with Crippen LogP contribution < -0.4 is 0 Å². The molecule has 2 aromatic carbocycles. The molecule has 2 aromatic rings. The number of esters is 1. The molecule has 1 saturated heterocycles. The van der Waals surface area contributed by atoms with Crippen molar-refractivity contribution in [3.05, 3.63) is 71.8 Å². The molecule has 1 fully saturated rings. The van der Waals surface area contributed by atoms with E-state index in [0.717, 1.165) is 11.1 Å². The van der Waals surface area contributed by atoms with Gasteiger partial charge in [-0.3, -0.25) is 4.79 Å². The summed E-state index contributed by atoms with van der Waals surface area (Å²) in [5, 5.41) is 0. The largest absolute Gasteiger partial charge is 0.593 e. The highest BCUT2D eigenvalue weighted by atomic mass is 32.2. The molecule has 0 N–H and O–H groups in total. The molecule has 0 spiro atoms. The quantitative estimate of drug-likeness (QED) is 0.477. The molecule has 4 atom stereocenters. The van der Waals surface area contributed by atoms with Crippen molar-refractivity contribution < 1.29 is 14.1 Å². The molecule has 4 nitrogen and oxygen atoms in total. The molecule has 1 aliphatic rings. The highest BCUT2D eigenvalue weighted by Gasteiger charge is 2.60. The predicted octanol–water partition coefficient (Wildman–Crippen LogP) is 2.96. The molecule has 0 radical (unpaired) electrons. The molecule has 1 heterocycles. The summed E-state index contributed by atoms with van der Waals surface area (Å²) in [7, 11) is 1.35. The zero-order chi connectivity index (χ0) is 17.1. The minimum Gasteiger partial charge on any atom is -0.593 e. The van der Waals surface area contributed by atoms with Gasteiger partial charge in [0.2, 0.25) is 0 Å². The molecule has 24 heavy (non-hydrogen) atoms. The van der Waals surface area contributed by atoms with E-state index >= 15 is 0 Å². The molecule has 0 saturated carbocycles. The molecule has 3 rings (SSSR count). The van der Waals surface area contributed by atoms with Gasteiger partial charge in [0.25, 0.3) is 0 Å². The van der Waals surface area contributed by atoms with Gasteiger partial charge in [-0.2, -0.15) is 0 Å². The Labute approximate surface area is 145 Å². The Morgan fingerprint density at radius 3 is 2.46 bits per heavy atom. The van der Waals surface area contributed by atoms with Gasteiger partial charge in [0.15, 0.2) is 10.9 Å². The summed E-state index contributed by atoms with van der Waals surface area (Å²) in [5.41, 5.74) is 2.14. The van der Waals surface area contributed by atoms with Gasteiger partial charge in [-0.25, -0.2) is 0 Å². The van der Waals surface area contributed by atoms with Gasteiger partial charge in [0.05, 0.1) is 18.5 Å². The van der Waals surface area contributed by atoms with Crippen LogP contribution in [-0.2, 0) is 20.9 Å². The van der Waals surface area contributed by atoms with E-state index in [2.05, 4.69) is 0 Å². The number of aryl methyl sites for hydroxylation is 1. The van der Waals surface area contributed by atoms with Crippen molar-refractivity contribution in [1.82, 2.24) is 4.31 Å². The van der Waals surface area contributed by atoms with E-state index < -0.39 is 17.4 Å². The lowest BCUT2D eigenvalue weighted by Crippen LogP contribution is -2.20. The molecule has 2 unspecified atom stereocenters. The molecule has 0 bridgehead atoms. The van der Waals surface area contributed by atoms with Crippen LogP contribution in [0.25, 0.3) is 6.08 Å². The maximum atomic E-state index is 12.8. The maximum Gasteiger partial charge on any atom is 0.329 e. The van der Waals surface area contributed by atoms with Crippen LogP contribution in [0.1, 0.15) is 11.1 Å². The molecule has 0 aromatic heterocycles. The first-order valence-electron chi connectivity index (χ1n) is 7.70. The van der Waals surface area contributed by atoms with Gasteiger partial charge < -0.3 is 9.29 Å². The minimum atomic E-state index is -1.39. The summed E-state index contributed by atoms with van der Waals surface area (Å²) in [6.07, 6.45) is 3.84. The van der Waals surface area contributed by atoms with Crippen molar-refractivity contribution in [3.63, 3.8) is 0 Å². The Balaban J connectivity index is 1.78. The first-order valence-corrected chi connectivity index (χ1v) is 8.80. The number of methoxy groups -OCH3 is 1. The average Bonchev–Trinajstić information content (AvgIpc) is 3.34. The number of rotatable bonds is 5. The van der Waals surface area contributed by atoms with Crippen LogP contribution in [0.4, 0.5) is 0 Å². The summed E-state index contributed by atoms with van der Waals surface area (Å²) < 4.78 is 19.3. The highest BCUT2D eigenvalue weighted by Crippen LogP contribution is 2.38. The SMILES string of the molecule is COC(=O)[C@@H]1[C@H](C=Cc2ccccc2)N1[S+]([O-])c1ccc(C)cc1. The van der Waals surface area contributed by atoms with Gasteiger partial charge in [0, 0.05) is 0 Å². The summed E-state index contributed by atoms with van der Waals surface area (Å²) in [5.74, 6) is -0.363. The Morgan fingerprint density at radius 1 is 1.17 bits per heavy atom. The van der Waals surface area contributed by atoms with E-state index in [1.54, 1.807) is 4.31 Å². The maximum absolute atomic E-state index is 12.8. The van der Waals surface area contributed by atoms with E-state index in [-0.39, 0.29) is 12.0 Å². The normalized spacial score (nSPS) is 23.9. The third-order valence-electron chi connectivity index (χ3n) is 3.94. The van der Waals surface area contributed by atoms with Crippen LogP contribution in [0.3, 0.4) is 0 Å². The van der Waals surface area contributed by atoms with Crippen LogP contribution in [0, 0.1) is 6.92 Å². The van der Waals surface area contributed by atoms with Crippen LogP contribution in [0.2, 0.25) is 0 Å². The summed E-state index contributed by atoms with van der Waals surface area (Å²) in [6.45, 7) is 1.98. The van der Waals surface area contributed by atoms with Gasteiger partial charge in [-0.05, 0) is 24.6 Å². The van der Waals surface area contributed by atoms with E-state index in [1.165, 1.54) is 7.11 Å². The first-order chi connectivity index (χ1) is 11.6. The van der Waals surface area contributed by atoms with Crippen molar-refractivity contribution in [3.8, 4) is 0 Å². The lowest BCUT2D eigenvalue weighted by Gasteiger charge is -2.10. The number of hydrogen-bond donors (Lipinski definition) is 0. The Morgan fingerprint density at radius 2 is 1.83 bits per heavy atom. The molecule has 5 heteroatoms. The third-order valence-corrected chi connectivity index (χ3v) is 5.47. The number of ether oxygens (including phenoxy) is 1. The zero-order valence-electron chi connectivity index (χ0n) is 13.6. The van der Waals surface area contributed by atoms with E-state index in [9.17, 15) is 9.35 Å². The molecule has 124 valence electrons. The smallest absolute Gasteiger partial charge is 0.329 e. The van der Waals surface area contributed by atoms with E-state index in [0.29, 0.717) is 4.90 Å². The summed E-state index contributed by atoms with van der Waals surface area (Å²) in [6, 6.07) is 16.6. The van der Waals surface area contributed by atoms with Crippen molar-refractivity contribution in [2.75, 3.05) is 7.11 Å². The van der Waals surface area contributed by atoms with Gasteiger partial charge in [-0.1, -0.05) is 64.5 Å². The lowest BCUT2D eigenvalue weighted by atomic mass is 10.2. The van der Waals surface area contributed by atoms with E-state index in [1.807, 2.05) is 73.7 Å². The highest BCUT2D eigenvalue weighted by molar-refractivity contribution is 7.89. The topological polar surface area (TPSA) is 52.4 Å². The van der Waals surface area contributed by atoms with Gasteiger partial charge in [-0.15, -0.1) is 0 Å².